The van der Waals surface area contributed by atoms with Crippen molar-refractivity contribution >= 4 is 8.32 Å². The molecule has 3 nitrogen and oxygen atoms in total. The Morgan fingerprint density at radius 2 is 1.71 bits per heavy atom. The quantitative estimate of drug-likeness (QED) is 0.691. The van der Waals surface area contributed by atoms with Gasteiger partial charge in [-0.05, 0) is 18.1 Å². The predicted molar refractivity (Wildman–Crippen MR) is 58.7 cm³/mol. The van der Waals surface area contributed by atoms with Gasteiger partial charge in [0.25, 0.3) is 0 Å². The lowest BCUT2D eigenvalue weighted by Crippen LogP contribution is -2.57. The van der Waals surface area contributed by atoms with E-state index >= 15 is 0 Å². The van der Waals surface area contributed by atoms with Crippen molar-refractivity contribution in [1.82, 2.24) is 0 Å². The van der Waals surface area contributed by atoms with Gasteiger partial charge in [0.05, 0.1) is 12.2 Å². The summed E-state index contributed by atoms with van der Waals surface area (Å²) < 4.78 is 5.95. The van der Waals surface area contributed by atoms with Crippen molar-refractivity contribution in [3.8, 4) is 0 Å². The normalized spacial score (nSPS) is 34.1. The Kier molecular flexibility index (Phi) is 3.12. The summed E-state index contributed by atoms with van der Waals surface area (Å²) in [6.45, 7) is 10.8. The molecular weight excluding hydrogens is 196 g/mol. The standard InChI is InChI=1S/C10H22O3Si/c1-10(2,3)14(4,5)13-8-6-7(11)9(8)12/h7-9,11-12H,6H2,1-5H3/t7-,8-,9-/m0/s1. The fourth-order valence-corrected chi connectivity index (χ4v) is 2.59. The smallest absolute Gasteiger partial charge is 0.192 e. The van der Waals surface area contributed by atoms with E-state index in [-0.39, 0.29) is 11.1 Å². The largest absolute Gasteiger partial charge is 0.411 e. The van der Waals surface area contributed by atoms with Crippen molar-refractivity contribution in [1.29, 1.82) is 0 Å². The van der Waals surface area contributed by atoms with Gasteiger partial charge in [-0.25, -0.2) is 0 Å². The van der Waals surface area contributed by atoms with E-state index < -0.39 is 20.5 Å². The van der Waals surface area contributed by atoms with Crippen molar-refractivity contribution in [3.63, 3.8) is 0 Å². The van der Waals surface area contributed by atoms with Crippen LogP contribution in [0.2, 0.25) is 18.1 Å². The Bertz CT molecular complexity index is 210. The summed E-state index contributed by atoms with van der Waals surface area (Å²) in [5.74, 6) is 0. The van der Waals surface area contributed by atoms with Gasteiger partial charge in [0, 0.05) is 6.42 Å². The first-order chi connectivity index (χ1) is 6.15. The molecule has 0 unspecified atom stereocenters. The van der Waals surface area contributed by atoms with Crippen molar-refractivity contribution < 1.29 is 14.6 Å². The van der Waals surface area contributed by atoms with Gasteiger partial charge in [0.2, 0.25) is 0 Å². The molecule has 0 radical (unpaired) electrons. The van der Waals surface area contributed by atoms with Gasteiger partial charge in [-0.3, -0.25) is 0 Å². The number of hydrogen-bond acceptors (Lipinski definition) is 3. The zero-order chi connectivity index (χ0) is 11.1. The molecule has 1 aliphatic rings. The predicted octanol–water partition coefficient (Wildman–Crippen LogP) is 1.50. The van der Waals surface area contributed by atoms with Crippen molar-refractivity contribution in [2.24, 2.45) is 0 Å². The Labute approximate surface area is 87.2 Å². The number of hydrogen-bond donors (Lipinski definition) is 2. The van der Waals surface area contributed by atoms with Gasteiger partial charge in [-0.2, -0.15) is 0 Å². The summed E-state index contributed by atoms with van der Waals surface area (Å²) in [4.78, 5) is 0. The van der Waals surface area contributed by atoms with Crippen LogP contribution >= 0.6 is 0 Å². The molecule has 0 aromatic heterocycles. The Morgan fingerprint density at radius 1 is 1.21 bits per heavy atom. The monoisotopic (exact) mass is 218 g/mol. The zero-order valence-corrected chi connectivity index (χ0v) is 10.7. The second-order valence-corrected chi connectivity index (χ2v) is 10.5. The summed E-state index contributed by atoms with van der Waals surface area (Å²) in [5.41, 5.74) is 0. The van der Waals surface area contributed by atoms with E-state index in [2.05, 4.69) is 33.9 Å². The van der Waals surface area contributed by atoms with Gasteiger partial charge < -0.3 is 14.6 Å². The minimum Gasteiger partial charge on any atom is -0.411 e. The molecule has 1 saturated carbocycles. The fraction of sp³-hybridized carbons (Fsp3) is 1.00. The highest BCUT2D eigenvalue weighted by atomic mass is 28.4. The molecule has 84 valence electrons. The molecule has 0 aromatic carbocycles. The molecule has 0 heterocycles. The minimum absolute atomic E-state index is 0.147. The van der Waals surface area contributed by atoms with Crippen LogP contribution in [0.25, 0.3) is 0 Å². The lowest BCUT2D eigenvalue weighted by Gasteiger charge is -2.46. The summed E-state index contributed by atoms with van der Waals surface area (Å²) in [7, 11) is -1.78. The van der Waals surface area contributed by atoms with Crippen molar-refractivity contribution in [2.45, 2.75) is 63.6 Å². The number of rotatable bonds is 2. The molecule has 4 heteroatoms. The molecular formula is C10H22O3Si. The Balaban J connectivity index is 2.53. The minimum atomic E-state index is -1.78. The first-order valence-corrected chi connectivity index (χ1v) is 8.10. The van der Waals surface area contributed by atoms with Gasteiger partial charge in [-0.15, -0.1) is 0 Å². The van der Waals surface area contributed by atoms with E-state index in [0.717, 1.165) is 0 Å². The van der Waals surface area contributed by atoms with Crippen LogP contribution in [0.1, 0.15) is 27.2 Å². The first-order valence-electron chi connectivity index (χ1n) is 5.19. The molecule has 14 heavy (non-hydrogen) atoms. The molecule has 1 fully saturated rings. The Morgan fingerprint density at radius 3 is 2.00 bits per heavy atom. The van der Waals surface area contributed by atoms with E-state index in [9.17, 15) is 10.2 Å². The van der Waals surface area contributed by atoms with Crippen LogP contribution in [0.5, 0.6) is 0 Å². The third-order valence-electron chi connectivity index (χ3n) is 3.50. The Hall–Kier alpha value is 0.0969. The lowest BCUT2D eigenvalue weighted by atomic mass is 9.89. The molecule has 0 bridgehead atoms. The maximum atomic E-state index is 9.45. The van der Waals surface area contributed by atoms with Crippen LogP contribution in [0.4, 0.5) is 0 Å². The van der Waals surface area contributed by atoms with Gasteiger partial charge >= 0.3 is 0 Å². The highest BCUT2D eigenvalue weighted by Crippen LogP contribution is 2.40. The third kappa shape index (κ3) is 2.19. The fourth-order valence-electron chi connectivity index (χ4n) is 1.24. The van der Waals surface area contributed by atoms with Crippen LogP contribution in [0.3, 0.4) is 0 Å². The molecule has 1 aliphatic carbocycles. The maximum absolute atomic E-state index is 9.45. The van der Waals surface area contributed by atoms with Gasteiger partial charge in [-0.1, -0.05) is 20.8 Å². The molecule has 2 N–H and O–H groups in total. The summed E-state index contributed by atoms with van der Waals surface area (Å²) in [5, 5.41) is 18.8. The van der Waals surface area contributed by atoms with Crippen LogP contribution in [0.15, 0.2) is 0 Å². The highest BCUT2D eigenvalue weighted by Gasteiger charge is 2.46. The van der Waals surface area contributed by atoms with Crippen LogP contribution < -0.4 is 0 Å². The second-order valence-electron chi connectivity index (χ2n) is 5.71. The summed E-state index contributed by atoms with van der Waals surface area (Å²) in [6.07, 6.45) is -0.826. The topological polar surface area (TPSA) is 49.7 Å². The van der Waals surface area contributed by atoms with Gasteiger partial charge in [0.15, 0.2) is 8.32 Å². The van der Waals surface area contributed by atoms with E-state index in [4.69, 9.17) is 4.43 Å². The zero-order valence-electron chi connectivity index (χ0n) is 9.74. The van der Waals surface area contributed by atoms with Crippen molar-refractivity contribution in [3.05, 3.63) is 0 Å². The van der Waals surface area contributed by atoms with Crippen LogP contribution in [-0.2, 0) is 4.43 Å². The highest BCUT2D eigenvalue weighted by molar-refractivity contribution is 6.74. The van der Waals surface area contributed by atoms with E-state index in [1.807, 2.05) is 0 Å². The van der Waals surface area contributed by atoms with E-state index in [1.54, 1.807) is 0 Å². The summed E-state index contributed by atoms with van der Waals surface area (Å²) >= 11 is 0. The average Bonchev–Trinajstić information content (AvgIpc) is 2.01. The molecule has 3 atom stereocenters. The average molecular weight is 218 g/mol. The second kappa shape index (κ2) is 3.59. The van der Waals surface area contributed by atoms with E-state index in [1.165, 1.54) is 0 Å². The van der Waals surface area contributed by atoms with Gasteiger partial charge in [0.1, 0.15) is 6.10 Å². The molecule has 0 aromatic rings. The first kappa shape index (κ1) is 12.2. The lowest BCUT2D eigenvalue weighted by molar-refractivity contribution is -0.137. The third-order valence-corrected chi connectivity index (χ3v) is 8.01. The summed E-state index contributed by atoms with van der Waals surface area (Å²) in [6, 6.07) is 0. The maximum Gasteiger partial charge on any atom is 0.192 e. The SMILES string of the molecule is CC(C)(C)[Si](C)(C)O[C@H]1C[C@H](O)[C@@H]1O. The van der Waals surface area contributed by atoms with Crippen LogP contribution in [-0.4, -0.2) is 36.8 Å². The molecule has 0 aliphatic heterocycles. The molecule has 1 rings (SSSR count). The number of aliphatic hydroxyl groups is 2. The molecule has 0 saturated heterocycles. The molecule has 0 amide bonds. The molecule has 0 spiro atoms. The van der Waals surface area contributed by atoms with E-state index in [0.29, 0.717) is 6.42 Å². The van der Waals surface area contributed by atoms with Crippen LogP contribution in [0, 0.1) is 0 Å². The van der Waals surface area contributed by atoms with Crippen molar-refractivity contribution in [2.75, 3.05) is 0 Å². The number of aliphatic hydroxyl groups excluding tert-OH is 2.